The standard InChI is InChI=1S/C24H56N2O6S5Si2/c1-11-27-38(28-12-2,29-13-3)21-17-19-23(25(33-7)34-8)37-24(26(35-9)36-10)20-18-22-39(30-14-4,31-15-5)32-16-6/h23-24H,11-22H2,1-10H3. The van der Waals surface area contributed by atoms with Gasteiger partial charge in [0.05, 0.1) is 10.7 Å². The normalized spacial score (nSPS) is 14.5. The molecule has 2 atom stereocenters. The van der Waals surface area contributed by atoms with Crippen LogP contribution in [0, 0.1) is 0 Å². The first-order chi connectivity index (χ1) is 18.8. The van der Waals surface area contributed by atoms with Gasteiger partial charge in [-0.3, -0.25) is 0 Å². The lowest BCUT2D eigenvalue weighted by Crippen LogP contribution is -2.46. The second-order valence-electron chi connectivity index (χ2n) is 8.09. The van der Waals surface area contributed by atoms with E-state index in [0.29, 0.717) is 50.4 Å². The number of nitrogens with zero attached hydrogens (tertiary/aromatic N) is 2. The number of hydrogen-bond acceptors (Lipinski definition) is 13. The number of rotatable bonds is 28. The van der Waals surface area contributed by atoms with E-state index in [1.807, 2.05) is 53.3 Å². The molecule has 0 aromatic rings. The van der Waals surface area contributed by atoms with E-state index < -0.39 is 17.6 Å². The third kappa shape index (κ3) is 15.9. The van der Waals surface area contributed by atoms with E-state index in [1.165, 1.54) is 0 Å². The number of thioether (sulfide) groups is 1. The fraction of sp³-hybridized carbons (Fsp3) is 1.00. The van der Waals surface area contributed by atoms with Gasteiger partial charge >= 0.3 is 17.6 Å². The van der Waals surface area contributed by atoms with Crippen molar-refractivity contribution in [3.05, 3.63) is 0 Å². The van der Waals surface area contributed by atoms with E-state index in [0.717, 1.165) is 37.8 Å². The first-order valence-electron chi connectivity index (χ1n) is 14.1. The maximum Gasteiger partial charge on any atom is 0.500 e. The molecule has 0 aliphatic rings. The maximum absolute atomic E-state index is 6.12. The third-order valence-corrected chi connectivity index (χ3v) is 18.2. The Morgan fingerprint density at radius 2 is 0.744 bits per heavy atom. The molecule has 0 amide bonds. The molecule has 0 radical (unpaired) electrons. The van der Waals surface area contributed by atoms with Gasteiger partial charge in [-0.25, -0.2) is 0 Å². The zero-order valence-corrected chi connectivity index (χ0v) is 32.1. The van der Waals surface area contributed by atoms with E-state index in [1.54, 1.807) is 47.8 Å². The van der Waals surface area contributed by atoms with Crippen LogP contribution < -0.4 is 0 Å². The largest absolute Gasteiger partial charge is 0.500 e. The molecule has 39 heavy (non-hydrogen) atoms. The smallest absolute Gasteiger partial charge is 0.374 e. The summed E-state index contributed by atoms with van der Waals surface area (Å²) < 4.78 is 41.6. The van der Waals surface area contributed by atoms with Gasteiger partial charge in [-0.1, -0.05) is 47.8 Å². The van der Waals surface area contributed by atoms with E-state index >= 15 is 0 Å². The van der Waals surface area contributed by atoms with Crippen LogP contribution in [0.4, 0.5) is 0 Å². The van der Waals surface area contributed by atoms with Gasteiger partial charge in [0.2, 0.25) is 0 Å². The van der Waals surface area contributed by atoms with Gasteiger partial charge in [-0.05, 0) is 92.2 Å². The summed E-state index contributed by atoms with van der Waals surface area (Å²) in [5.41, 5.74) is 0. The molecule has 0 fully saturated rings. The summed E-state index contributed by atoms with van der Waals surface area (Å²) in [6.07, 6.45) is 12.7. The van der Waals surface area contributed by atoms with Gasteiger partial charge in [-0.15, -0.1) is 11.8 Å². The molecule has 0 bridgehead atoms. The van der Waals surface area contributed by atoms with E-state index in [4.69, 9.17) is 26.6 Å². The van der Waals surface area contributed by atoms with Crippen molar-refractivity contribution in [2.24, 2.45) is 0 Å². The van der Waals surface area contributed by atoms with Crippen LogP contribution in [-0.2, 0) is 26.6 Å². The van der Waals surface area contributed by atoms with E-state index in [-0.39, 0.29) is 0 Å². The van der Waals surface area contributed by atoms with Crippen molar-refractivity contribution in [2.75, 3.05) is 64.7 Å². The van der Waals surface area contributed by atoms with Crippen LogP contribution in [0.2, 0.25) is 12.1 Å². The van der Waals surface area contributed by atoms with Crippen molar-refractivity contribution in [1.82, 2.24) is 7.42 Å². The molecule has 0 aliphatic carbocycles. The average Bonchev–Trinajstić information content (AvgIpc) is 2.90. The molecular weight excluding hydrogens is 629 g/mol. The second-order valence-corrected chi connectivity index (χ2v) is 18.4. The molecular formula is C24H56N2O6S5Si2. The fourth-order valence-corrected chi connectivity index (χ4v) is 14.9. The Labute approximate surface area is 264 Å². The molecule has 2 unspecified atom stereocenters. The Balaban J connectivity index is 5.66. The van der Waals surface area contributed by atoms with Crippen LogP contribution in [0.25, 0.3) is 0 Å². The van der Waals surface area contributed by atoms with Gasteiger partial charge in [0.15, 0.2) is 0 Å². The second kappa shape index (κ2) is 25.2. The molecule has 0 saturated heterocycles. The van der Waals surface area contributed by atoms with Gasteiger partial charge in [0.25, 0.3) is 0 Å². The van der Waals surface area contributed by atoms with Gasteiger partial charge < -0.3 is 26.6 Å². The van der Waals surface area contributed by atoms with Crippen molar-refractivity contribution in [2.45, 2.75) is 90.1 Å². The quantitative estimate of drug-likeness (QED) is 0.0459. The molecule has 8 nitrogen and oxygen atoms in total. The molecule has 0 heterocycles. The van der Waals surface area contributed by atoms with Crippen LogP contribution in [0.15, 0.2) is 0 Å². The average molecular weight is 685 g/mol. The van der Waals surface area contributed by atoms with Gasteiger partial charge in [0.1, 0.15) is 0 Å². The minimum atomic E-state index is -2.66. The lowest BCUT2D eigenvalue weighted by atomic mass is 10.3. The summed E-state index contributed by atoms with van der Waals surface area (Å²) in [5, 5.41) is 0.650. The Morgan fingerprint density at radius 3 is 0.949 bits per heavy atom. The fourth-order valence-electron chi connectivity index (χ4n) is 4.24. The highest BCUT2D eigenvalue weighted by molar-refractivity contribution is 8.14. The molecule has 0 spiro atoms. The van der Waals surface area contributed by atoms with Crippen LogP contribution in [0.5, 0.6) is 0 Å². The van der Waals surface area contributed by atoms with Crippen molar-refractivity contribution in [3.63, 3.8) is 0 Å². The SMILES string of the molecule is CCO[Si](CCCC(SC(CCC[Si](OCC)(OCC)OCC)N(SC)SC)N(SC)SC)(OCC)OCC. The van der Waals surface area contributed by atoms with E-state index in [9.17, 15) is 0 Å². The third-order valence-electron chi connectivity index (χ3n) is 5.56. The lowest BCUT2D eigenvalue weighted by Gasteiger charge is -2.35. The Bertz CT molecular complexity index is 495. The van der Waals surface area contributed by atoms with Crippen molar-refractivity contribution >= 4 is 77.2 Å². The van der Waals surface area contributed by atoms with Crippen molar-refractivity contribution in [1.29, 1.82) is 0 Å². The molecule has 0 N–H and O–H groups in total. The van der Waals surface area contributed by atoms with Crippen molar-refractivity contribution in [3.8, 4) is 0 Å². The molecule has 0 saturated carbocycles. The summed E-state index contributed by atoms with van der Waals surface area (Å²) in [6.45, 7) is 15.8. The molecule has 0 aliphatic heterocycles. The predicted molar refractivity (Wildman–Crippen MR) is 182 cm³/mol. The first kappa shape index (κ1) is 40.9. The van der Waals surface area contributed by atoms with E-state index in [2.05, 4.69) is 32.4 Å². The van der Waals surface area contributed by atoms with Crippen LogP contribution >= 0.6 is 59.6 Å². The molecule has 0 rings (SSSR count). The summed E-state index contributed by atoms with van der Waals surface area (Å²) >= 11 is 9.21. The van der Waals surface area contributed by atoms with Crippen LogP contribution in [0.3, 0.4) is 0 Å². The Hall–Kier alpha value is 1.86. The molecule has 236 valence electrons. The zero-order chi connectivity index (χ0) is 29.6. The Morgan fingerprint density at radius 1 is 0.487 bits per heavy atom. The monoisotopic (exact) mass is 684 g/mol. The summed E-state index contributed by atoms with van der Waals surface area (Å²) in [7, 11) is -5.31. The Kier molecular flexibility index (Phi) is 26.4. The zero-order valence-electron chi connectivity index (χ0n) is 26.0. The first-order valence-corrected chi connectivity index (χ1v) is 23.6. The topological polar surface area (TPSA) is 61.9 Å². The highest BCUT2D eigenvalue weighted by atomic mass is 32.2. The highest BCUT2D eigenvalue weighted by Crippen LogP contribution is 2.41. The summed E-state index contributed by atoms with van der Waals surface area (Å²) in [6, 6.07) is 1.67. The van der Waals surface area contributed by atoms with Gasteiger partial charge in [-0.2, -0.15) is 7.42 Å². The highest BCUT2D eigenvalue weighted by Gasteiger charge is 2.41. The molecule has 0 aromatic heterocycles. The summed E-state index contributed by atoms with van der Waals surface area (Å²) in [4.78, 5) is 0. The maximum atomic E-state index is 6.12. The number of hydrogen-bond donors (Lipinski definition) is 0. The van der Waals surface area contributed by atoms with Crippen LogP contribution in [-0.4, -0.2) is 100 Å². The minimum absolute atomic E-state index is 0.325. The molecule has 15 heteroatoms. The van der Waals surface area contributed by atoms with Crippen molar-refractivity contribution < 1.29 is 26.6 Å². The summed E-state index contributed by atoms with van der Waals surface area (Å²) in [5.74, 6) is 0. The predicted octanol–water partition coefficient (Wildman–Crippen LogP) is 7.75. The lowest BCUT2D eigenvalue weighted by molar-refractivity contribution is 0.0698. The minimum Gasteiger partial charge on any atom is -0.374 e. The molecule has 0 aromatic carbocycles. The van der Waals surface area contributed by atoms with Crippen LogP contribution in [0.1, 0.15) is 67.2 Å². The van der Waals surface area contributed by atoms with Gasteiger partial charge in [0, 0.05) is 51.7 Å².